The van der Waals surface area contributed by atoms with Crippen LogP contribution in [0.3, 0.4) is 0 Å². The molecule has 0 fully saturated rings. The minimum atomic E-state index is 0.202. The first kappa shape index (κ1) is 14.3. The summed E-state index contributed by atoms with van der Waals surface area (Å²) in [5.74, 6) is 0.911. The summed E-state index contributed by atoms with van der Waals surface area (Å²) in [4.78, 5) is 0. The standard InChI is InChI=1S/C15H23NO3/c1-17-7-2-8-18-9-10-19-13-4-5-14-12(11-13)3-6-15(14)16/h4-5,11,15H,2-3,6-10,16H2,1H3. The minimum Gasteiger partial charge on any atom is -0.491 e. The van der Waals surface area contributed by atoms with Gasteiger partial charge in [-0.05, 0) is 42.5 Å². The Morgan fingerprint density at radius 2 is 2.11 bits per heavy atom. The fraction of sp³-hybridized carbons (Fsp3) is 0.600. The summed E-state index contributed by atoms with van der Waals surface area (Å²) in [6, 6.07) is 6.39. The fourth-order valence-electron chi connectivity index (χ4n) is 2.34. The summed E-state index contributed by atoms with van der Waals surface area (Å²) >= 11 is 0. The Bertz CT molecular complexity index is 395. The molecule has 19 heavy (non-hydrogen) atoms. The Morgan fingerprint density at radius 3 is 2.95 bits per heavy atom. The average Bonchev–Trinajstić information content (AvgIpc) is 2.79. The van der Waals surface area contributed by atoms with Crippen molar-refractivity contribution in [2.45, 2.75) is 25.3 Å². The first-order valence-corrected chi connectivity index (χ1v) is 6.89. The molecule has 2 N–H and O–H groups in total. The van der Waals surface area contributed by atoms with Crippen molar-refractivity contribution < 1.29 is 14.2 Å². The number of aryl methyl sites for hydroxylation is 1. The molecule has 106 valence electrons. The highest BCUT2D eigenvalue weighted by Crippen LogP contribution is 2.31. The lowest BCUT2D eigenvalue weighted by Crippen LogP contribution is -2.09. The molecule has 4 heteroatoms. The van der Waals surface area contributed by atoms with E-state index in [0.29, 0.717) is 13.2 Å². The van der Waals surface area contributed by atoms with Crippen molar-refractivity contribution in [2.24, 2.45) is 5.73 Å². The molecule has 0 radical (unpaired) electrons. The highest BCUT2D eigenvalue weighted by molar-refractivity contribution is 5.40. The molecule has 4 nitrogen and oxygen atoms in total. The molecular weight excluding hydrogens is 242 g/mol. The number of rotatable bonds is 8. The minimum absolute atomic E-state index is 0.202. The van der Waals surface area contributed by atoms with Gasteiger partial charge in [0.15, 0.2) is 0 Å². The molecule has 0 spiro atoms. The molecule has 0 saturated heterocycles. The number of methoxy groups -OCH3 is 1. The van der Waals surface area contributed by atoms with Gasteiger partial charge >= 0.3 is 0 Å². The van der Waals surface area contributed by atoms with Gasteiger partial charge in [0.05, 0.1) is 6.61 Å². The molecule has 0 heterocycles. The monoisotopic (exact) mass is 265 g/mol. The first-order valence-electron chi connectivity index (χ1n) is 6.89. The van der Waals surface area contributed by atoms with Crippen molar-refractivity contribution in [1.29, 1.82) is 0 Å². The molecule has 1 aromatic carbocycles. The van der Waals surface area contributed by atoms with Crippen molar-refractivity contribution in [3.8, 4) is 5.75 Å². The maximum Gasteiger partial charge on any atom is 0.119 e. The van der Waals surface area contributed by atoms with Gasteiger partial charge in [0.1, 0.15) is 12.4 Å². The van der Waals surface area contributed by atoms with Gasteiger partial charge in [-0.2, -0.15) is 0 Å². The fourth-order valence-corrected chi connectivity index (χ4v) is 2.34. The molecule has 0 saturated carbocycles. The second kappa shape index (κ2) is 7.48. The van der Waals surface area contributed by atoms with Gasteiger partial charge in [-0.15, -0.1) is 0 Å². The van der Waals surface area contributed by atoms with E-state index < -0.39 is 0 Å². The normalized spacial score (nSPS) is 17.5. The smallest absolute Gasteiger partial charge is 0.119 e. The van der Waals surface area contributed by atoms with Gasteiger partial charge in [-0.25, -0.2) is 0 Å². The van der Waals surface area contributed by atoms with E-state index in [1.165, 1.54) is 11.1 Å². The van der Waals surface area contributed by atoms with E-state index in [-0.39, 0.29) is 6.04 Å². The van der Waals surface area contributed by atoms with Crippen LogP contribution in [0.2, 0.25) is 0 Å². The quantitative estimate of drug-likeness (QED) is 0.731. The Balaban J connectivity index is 1.67. The molecule has 1 aliphatic carbocycles. The van der Waals surface area contributed by atoms with Crippen LogP contribution in [-0.2, 0) is 15.9 Å². The zero-order valence-electron chi connectivity index (χ0n) is 11.6. The van der Waals surface area contributed by atoms with Crippen molar-refractivity contribution in [1.82, 2.24) is 0 Å². The van der Waals surface area contributed by atoms with E-state index in [4.69, 9.17) is 19.9 Å². The number of nitrogens with two attached hydrogens (primary N) is 1. The van der Waals surface area contributed by atoms with Gasteiger partial charge in [-0.1, -0.05) is 6.07 Å². The number of hydrogen-bond donors (Lipinski definition) is 1. The van der Waals surface area contributed by atoms with E-state index in [0.717, 1.165) is 38.2 Å². The van der Waals surface area contributed by atoms with Crippen LogP contribution in [-0.4, -0.2) is 33.5 Å². The largest absolute Gasteiger partial charge is 0.491 e. The van der Waals surface area contributed by atoms with Crippen LogP contribution in [0.25, 0.3) is 0 Å². The molecule has 1 unspecified atom stereocenters. The maximum atomic E-state index is 6.00. The molecule has 0 aromatic heterocycles. The number of fused-ring (bicyclic) bond motifs is 1. The van der Waals surface area contributed by atoms with Crippen LogP contribution in [0.15, 0.2) is 18.2 Å². The molecule has 1 atom stereocenters. The third-order valence-corrected chi connectivity index (χ3v) is 3.37. The van der Waals surface area contributed by atoms with E-state index >= 15 is 0 Å². The SMILES string of the molecule is COCCCOCCOc1ccc2c(c1)CCC2N. The van der Waals surface area contributed by atoms with Crippen LogP contribution >= 0.6 is 0 Å². The molecule has 2 rings (SSSR count). The number of benzene rings is 1. The Kier molecular flexibility index (Phi) is 5.63. The summed E-state index contributed by atoms with van der Waals surface area (Å²) in [6.07, 6.45) is 3.02. The maximum absolute atomic E-state index is 6.00. The molecule has 1 aliphatic rings. The predicted octanol–water partition coefficient (Wildman–Crippen LogP) is 2.06. The molecule has 0 aliphatic heterocycles. The molecular formula is C15H23NO3. The highest BCUT2D eigenvalue weighted by atomic mass is 16.5. The van der Waals surface area contributed by atoms with Gasteiger partial charge in [0.2, 0.25) is 0 Å². The second-order valence-electron chi connectivity index (χ2n) is 4.81. The van der Waals surface area contributed by atoms with Crippen molar-refractivity contribution in [3.63, 3.8) is 0 Å². The van der Waals surface area contributed by atoms with Crippen molar-refractivity contribution in [2.75, 3.05) is 33.5 Å². The zero-order chi connectivity index (χ0) is 13.5. The highest BCUT2D eigenvalue weighted by Gasteiger charge is 2.18. The number of ether oxygens (including phenoxy) is 3. The summed E-state index contributed by atoms with van der Waals surface area (Å²) in [5.41, 5.74) is 8.60. The molecule has 0 bridgehead atoms. The third kappa shape index (κ3) is 4.20. The van der Waals surface area contributed by atoms with E-state index in [2.05, 4.69) is 12.1 Å². The van der Waals surface area contributed by atoms with Gasteiger partial charge < -0.3 is 19.9 Å². The lowest BCUT2D eigenvalue weighted by molar-refractivity contribution is 0.0806. The van der Waals surface area contributed by atoms with Gasteiger partial charge in [0, 0.05) is 26.4 Å². The van der Waals surface area contributed by atoms with Crippen LogP contribution in [0.5, 0.6) is 5.75 Å². The summed E-state index contributed by atoms with van der Waals surface area (Å²) in [6.45, 7) is 2.65. The Morgan fingerprint density at radius 1 is 1.21 bits per heavy atom. The third-order valence-electron chi connectivity index (χ3n) is 3.37. The average molecular weight is 265 g/mol. The topological polar surface area (TPSA) is 53.7 Å². The molecule has 0 amide bonds. The van der Waals surface area contributed by atoms with E-state index in [1.54, 1.807) is 7.11 Å². The van der Waals surface area contributed by atoms with Crippen LogP contribution in [0.1, 0.15) is 30.0 Å². The lowest BCUT2D eigenvalue weighted by Gasteiger charge is -2.09. The predicted molar refractivity (Wildman–Crippen MR) is 74.5 cm³/mol. The van der Waals surface area contributed by atoms with E-state index in [9.17, 15) is 0 Å². The van der Waals surface area contributed by atoms with Gasteiger partial charge in [0.25, 0.3) is 0 Å². The van der Waals surface area contributed by atoms with E-state index in [1.807, 2.05) is 6.07 Å². The van der Waals surface area contributed by atoms with Crippen molar-refractivity contribution in [3.05, 3.63) is 29.3 Å². The summed E-state index contributed by atoms with van der Waals surface area (Å²) in [7, 11) is 1.70. The first-order chi connectivity index (χ1) is 9.31. The Hall–Kier alpha value is -1.10. The number of hydrogen-bond acceptors (Lipinski definition) is 4. The summed E-state index contributed by atoms with van der Waals surface area (Å²) in [5, 5.41) is 0. The zero-order valence-corrected chi connectivity index (χ0v) is 11.6. The van der Waals surface area contributed by atoms with Gasteiger partial charge in [-0.3, -0.25) is 0 Å². The van der Waals surface area contributed by atoms with Crippen LogP contribution < -0.4 is 10.5 Å². The van der Waals surface area contributed by atoms with Crippen LogP contribution in [0, 0.1) is 0 Å². The summed E-state index contributed by atoms with van der Waals surface area (Å²) < 4.78 is 16.1. The van der Waals surface area contributed by atoms with Crippen LogP contribution in [0.4, 0.5) is 0 Å². The molecule has 1 aromatic rings. The Labute approximate surface area is 114 Å². The second-order valence-corrected chi connectivity index (χ2v) is 4.81. The van der Waals surface area contributed by atoms with Crippen molar-refractivity contribution >= 4 is 0 Å². The lowest BCUT2D eigenvalue weighted by atomic mass is 10.1.